The van der Waals surface area contributed by atoms with Gasteiger partial charge in [-0.05, 0) is 17.9 Å². The number of hydrogen-bond acceptors (Lipinski definition) is 4. The summed E-state index contributed by atoms with van der Waals surface area (Å²) in [5, 5.41) is 8.83. The third-order valence-electron chi connectivity index (χ3n) is 1.76. The van der Waals surface area contributed by atoms with Crippen LogP contribution in [0.1, 0.15) is 12.7 Å². The van der Waals surface area contributed by atoms with Gasteiger partial charge in [0.15, 0.2) is 5.16 Å². The molecule has 0 N–H and O–H groups in total. The molecule has 0 aliphatic heterocycles. The molecule has 0 spiro atoms. The van der Waals surface area contributed by atoms with Crippen molar-refractivity contribution in [3.05, 3.63) is 30.5 Å². The van der Waals surface area contributed by atoms with Gasteiger partial charge in [-0.3, -0.25) is 0 Å². The van der Waals surface area contributed by atoms with Gasteiger partial charge in [0.1, 0.15) is 12.1 Å². The van der Waals surface area contributed by atoms with E-state index in [9.17, 15) is 0 Å². The van der Waals surface area contributed by atoms with Crippen LogP contribution in [0, 0.1) is 0 Å². The quantitative estimate of drug-likeness (QED) is 0.723. The summed E-state index contributed by atoms with van der Waals surface area (Å²) in [4.78, 5) is 0. The molecule has 2 aromatic heterocycles. The van der Waals surface area contributed by atoms with E-state index in [1.807, 2.05) is 16.7 Å². The van der Waals surface area contributed by atoms with Gasteiger partial charge in [0, 0.05) is 0 Å². The molecule has 2 heterocycles. The molecule has 14 heavy (non-hydrogen) atoms. The lowest BCUT2D eigenvalue weighted by atomic mass is 10.4. The maximum atomic E-state index is 5.25. The minimum atomic E-state index is 0.697. The van der Waals surface area contributed by atoms with E-state index < -0.39 is 0 Å². The van der Waals surface area contributed by atoms with Crippen molar-refractivity contribution in [2.45, 2.75) is 18.6 Å². The molecular formula is C9H11N3OS. The van der Waals surface area contributed by atoms with Crippen molar-refractivity contribution >= 4 is 11.8 Å². The Bertz CT molecular complexity index is 382. The average Bonchev–Trinajstić information content (AvgIpc) is 2.80. The summed E-state index contributed by atoms with van der Waals surface area (Å²) in [5.41, 5.74) is 0. The van der Waals surface area contributed by atoms with Gasteiger partial charge in [0.25, 0.3) is 0 Å². The monoisotopic (exact) mass is 209 g/mol. The highest BCUT2D eigenvalue weighted by Gasteiger charge is 2.05. The number of thioether (sulfide) groups is 1. The Labute approximate surface area is 86.3 Å². The zero-order valence-electron chi connectivity index (χ0n) is 7.88. The highest BCUT2D eigenvalue weighted by molar-refractivity contribution is 7.99. The van der Waals surface area contributed by atoms with E-state index in [1.165, 1.54) is 0 Å². The fourth-order valence-electron chi connectivity index (χ4n) is 1.16. The van der Waals surface area contributed by atoms with Gasteiger partial charge in [-0.2, -0.15) is 0 Å². The third kappa shape index (κ3) is 1.98. The number of aromatic nitrogens is 3. The highest BCUT2D eigenvalue weighted by atomic mass is 32.2. The average molecular weight is 209 g/mol. The molecule has 5 heteroatoms. The van der Waals surface area contributed by atoms with Crippen LogP contribution in [-0.4, -0.2) is 20.5 Å². The first kappa shape index (κ1) is 9.33. The van der Waals surface area contributed by atoms with Gasteiger partial charge in [0.05, 0.1) is 12.8 Å². The molecule has 0 amide bonds. The van der Waals surface area contributed by atoms with Crippen LogP contribution >= 0.6 is 11.8 Å². The predicted octanol–water partition coefficient (Wildman–Crippen LogP) is 2.03. The molecular weight excluding hydrogens is 198 g/mol. The van der Waals surface area contributed by atoms with Gasteiger partial charge in [-0.25, -0.2) is 0 Å². The normalized spacial score (nSPS) is 10.6. The highest BCUT2D eigenvalue weighted by Crippen LogP contribution is 2.15. The van der Waals surface area contributed by atoms with Gasteiger partial charge in [0.2, 0.25) is 0 Å². The van der Waals surface area contributed by atoms with E-state index in [0.29, 0.717) is 6.54 Å². The molecule has 2 rings (SSSR count). The molecule has 74 valence electrons. The first-order valence-electron chi connectivity index (χ1n) is 4.43. The van der Waals surface area contributed by atoms with Crippen LogP contribution in [0.3, 0.4) is 0 Å². The summed E-state index contributed by atoms with van der Waals surface area (Å²) in [7, 11) is 0. The lowest BCUT2D eigenvalue weighted by Gasteiger charge is -2.01. The van der Waals surface area contributed by atoms with Crippen molar-refractivity contribution in [3.63, 3.8) is 0 Å². The van der Waals surface area contributed by atoms with Crippen molar-refractivity contribution in [2.75, 3.05) is 5.75 Å². The largest absolute Gasteiger partial charge is 0.467 e. The number of furan rings is 1. The van der Waals surface area contributed by atoms with E-state index in [2.05, 4.69) is 17.1 Å². The molecule has 0 aromatic carbocycles. The van der Waals surface area contributed by atoms with Crippen LogP contribution in [0.4, 0.5) is 0 Å². The van der Waals surface area contributed by atoms with Gasteiger partial charge in [-0.1, -0.05) is 18.7 Å². The van der Waals surface area contributed by atoms with Crippen LogP contribution in [0.25, 0.3) is 0 Å². The maximum absolute atomic E-state index is 5.25. The minimum Gasteiger partial charge on any atom is -0.467 e. The maximum Gasteiger partial charge on any atom is 0.191 e. The molecule has 0 aliphatic carbocycles. The van der Waals surface area contributed by atoms with Crippen molar-refractivity contribution in [1.82, 2.24) is 14.8 Å². The lowest BCUT2D eigenvalue weighted by Crippen LogP contribution is -1.98. The lowest BCUT2D eigenvalue weighted by molar-refractivity contribution is 0.484. The fourth-order valence-corrected chi connectivity index (χ4v) is 1.80. The van der Waals surface area contributed by atoms with Gasteiger partial charge in [-0.15, -0.1) is 10.2 Å². The topological polar surface area (TPSA) is 43.9 Å². The van der Waals surface area contributed by atoms with E-state index in [4.69, 9.17) is 4.42 Å². The Kier molecular flexibility index (Phi) is 2.88. The smallest absolute Gasteiger partial charge is 0.191 e. The van der Waals surface area contributed by atoms with Gasteiger partial charge < -0.3 is 8.98 Å². The zero-order valence-corrected chi connectivity index (χ0v) is 8.70. The minimum absolute atomic E-state index is 0.697. The third-order valence-corrected chi connectivity index (χ3v) is 2.62. The van der Waals surface area contributed by atoms with E-state index in [1.54, 1.807) is 24.4 Å². The summed E-state index contributed by atoms with van der Waals surface area (Å²) in [6.45, 7) is 2.79. The molecule has 0 aliphatic rings. The molecule has 0 saturated heterocycles. The first-order valence-corrected chi connectivity index (χ1v) is 5.41. The van der Waals surface area contributed by atoms with Crippen LogP contribution in [0.2, 0.25) is 0 Å². The Morgan fingerprint density at radius 2 is 2.50 bits per heavy atom. The van der Waals surface area contributed by atoms with Crippen LogP contribution < -0.4 is 0 Å². The molecule has 0 saturated carbocycles. The van der Waals surface area contributed by atoms with Gasteiger partial charge >= 0.3 is 0 Å². The fraction of sp³-hybridized carbons (Fsp3) is 0.333. The Balaban J connectivity index is 2.12. The second-order valence-electron chi connectivity index (χ2n) is 2.75. The zero-order chi connectivity index (χ0) is 9.80. The van der Waals surface area contributed by atoms with Crippen molar-refractivity contribution in [3.8, 4) is 0 Å². The van der Waals surface area contributed by atoms with E-state index in [-0.39, 0.29) is 0 Å². The standard InChI is InChI=1S/C9H11N3OS/c1-2-14-9-11-10-7-12(9)6-8-4-3-5-13-8/h3-5,7H,2,6H2,1H3. The van der Waals surface area contributed by atoms with E-state index >= 15 is 0 Å². The second-order valence-corrected chi connectivity index (χ2v) is 3.98. The Hall–Kier alpha value is -1.23. The van der Waals surface area contributed by atoms with Crippen molar-refractivity contribution < 1.29 is 4.42 Å². The molecule has 0 atom stereocenters. The van der Waals surface area contributed by atoms with E-state index in [0.717, 1.165) is 16.7 Å². The Morgan fingerprint density at radius 3 is 3.21 bits per heavy atom. The van der Waals surface area contributed by atoms with Crippen molar-refractivity contribution in [2.24, 2.45) is 0 Å². The number of rotatable bonds is 4. The summed E-state index contributed by atoms with van der Waals surface area (Å²) in [6, 6.07) is 3.83. The molecule has 0 fully saturated rings. The predicted molar refractivity (Wildman–Crippen MR) is 54.2 cm³/mol. The second kappa shape index (κ2) is 4.32. The summed E-state index contributed by atoms with van der Waals surface area (Å²) in [6.07, 6.45) is 3.40. The summed E-state index contributed by atoms with van der Waals surface area (Å²) >= 11 is 1.68. The van der Waals surface area contributed by atoms with Crippen LogP contribution in [0.5, 0.6) is 0 Å². The van der Waals surface area contributed by atoms with Crippen LogP contribution in [0.15, 0.2) is 34.3 Å². The number of hydrogen-bond donors (Lipinski definition) is 0. The summed E-state index contributed by atoms with van der Waals surface area (Å²) < 4.78 is 7.23. The molecule has 0 radical (unpaired) electrons. The SMILES string of the molecule is CCSc1nncn1Cc1ccco1. The summed E-state index contributed by atoms with van der Waals surface area (Å²) in [5.74, 6) is 1.92. The molecule has 0 unspecified atom stereocenters. The Morgan fingerprint density at radius 1 is 1.57 bits per heavy atom. The van der Waals surface area contributed by atoms with Crippen molar-refractivity contribution in [1.29, 1.82) is 0 Å². The molecule has 0 bridgehead atoms. The number of nitrogens with zero attached hydrogens (tertiary/aromatic N) is 3. The molecule has 4 nitrogen and oxygen atoms in total. The first-order chi connectivity index (χ1) is 6.90. The van der Waals surface area contributed by atoms with Crippen LogP contribution in [-0.2, 0) is 6.54 Å². The molecule has 2 aromatic rings.